The Hall–Kier alpha value is -3.27. The maximum absolute atomic E-state index is 13.2. The number of hydrogen-bond acceptors (Lipinski definition) is 4. The van der Waals surface area contributed by atoms with Gasteiger partial charge in [-0.25, -0.2) is 9.78 Å². The fourth-order valence-electron chi connectivity index (χ4n) is 3.70. The van der Waals surface area contributed by atoms with E-state index < -0.39 is 28.0 Å². The summed E-state index contributed by atoms with van der Waals surface area (Å²) in [6, 6.07) is 6.59. The van der Waals surface area contributed by atoms with E-state index in [0.29, 0.717) is 18.9 Å². The van der Waals surface area contributed by atoms with E-state index in [0.717, 1.165) is 25.0 Å². The third kappa shape index (κ3) is 4.10. The maximum Gasteiger partial charge on any atom is 0.417 e. The number of aromatic amines is 1. The lowest BCUT2D eigenvalue weighted by molar-refractivity contribution is -0.137. The maximum atomic E-state index is 13.2. The summed E-state index contributed by atoms with van der Waals surface area (Å²) in [5.41, 5.74) is -1.43. The number of fused-ring (bicyclic) bond motifs is 1. The van der Waals surface area contributed by atoms with E-state index in [4.69, 9.17) is 16.0 Å². The van der Waals surface area contributed by atoms with Crippen molar-refractivity contribution in [3.63, 3.8) is 0 Å². The summed E-state index contributed by atoms with van der Waals surface area (Å²) in [6.07, 6.45) is -3.04. The van der Waals surface area contributed by atoms with Gasteiger partial charge in [0, 0.05) is 18.7 Å². The van der Waals surface area contributed by atoms with Crippen LogP contribution in [-0.4, -0.2) is 19.1 Å². The lowest BCUT2D eigenvalue weighted by atomic mass is 10.1. The Kier molecular flexibility index (Phi) is 5.96. The molecule has 0 spiro atoms. The van der Waals surface area contributed by atoms with Gasteiger partial charge in [-0.2, -0.15) is 13.2 Å². The molecule has 1 N–H and O–H groups in total. The molecule has 0 radical (unpaired) electrons. The number of imidazole rings is 1. The second kappa shape index (κ2) is 8.58. The lowest BCUT2D eigenvalue weighted by Crippen LogP contribution is -2.31. The number of unbranched alkanes of at least 4 members (excludes halogenated alkanes) is 1. The van der Waals surface area contributed by atoms with Crippen LogP contribution in [0.3, 0.4) is 0 Å². The van der Waals surface area contributed by atoms with Crippen molar-refractivity contribution in [3.8, 4) is 22.9 Å². The monoisotopic (exact) mass is 480 g/mol. The smallest absolute Gasteiger partial charge is 0.417 e. The molecule has 0 amide bonds. The molecule has 174 valence electrons. The van der Waals surface area contributed by atoms with Crippen molar-refractivity contribution >= 4 is 22.8 Å². The Balaban J connectivity index is 1.86. The molecule has 1 aromatic carbocycles. The van der Waals surface area contributed by atoms with Gasteiger partial charge >= 0.3 is 11.9 Å². The van der Waals surface area contributed by atoms with Crippen LogP contribution in [0.25, 0.3) is 34.1 Å². The second-order valence-corrected chi connectivity index (χ2v) is 7.88. The van der Waals surface area contributed by atoms with Gasteiger partial charge in [0.1, 0.15) is 5.76 Å². The van der Waals surface area contributed by atoms with Crippen LogP contribution in [0.2, 0.25) is 5.02 Å². The van der Waals surface area contributed by atoms with Crippen molar-refractivity contribution in [2.45, 2.75) is 46.0 Å². The molecule has 0 aliphatic heterocycles. The van der Waals surface area contributed by atoms with Gasteiger partial charge in [-0.15, -0.1) is 0 Å². The van der Waals surface area contributed by atoms with E-state index in [9.17, 15) is 22.8 Å². The molecule has 33 heavy (non-hydrogen) atoms. The first-order valence-electron chi connectivity index (χ1n) is 10.4. The van der Waals surface area contributed by atoms with E-state index in [1.54, 1.807) is 10.6 Å². The first-order chi connectivity index (χ1) is 15.7. The second-order valence-electron chi connectivity index (χ2n) is 7.47. The van der Waals surface area contributed by atoms with E-state index in [1.807, 2.05) is 13.8 Å². The molecular weight excluding hydrogens is 461 g/mol. The van der Waals surface area contributed by atoms with Crippen LogP contribution in [-0.2, 0) is 19.3 Å². The standard InChI is InChI=1S/C22H20ClF3N4O3/c1-3-5-10-30-19-17(20(31)28-21(30)32)29(4-2)18(27-19)16-9-8-15(33-16)12-6-7-14(23)13(11-12)22(24,25)26/h6-9,11H,3-5,10H2,1-2H3,(H,28,31,32). The van der Waals surface area contributed by atoms with Gasteiger partial charge in [0.15, 0.2) is 22.7 Å². The minimum Gasteiger partial charge on any atom is -0.453 e. The van der Waals surface area contributed by atoms with Crippen LogP contribution in [0.1, 0.15) is 32.3 Å². The largest absolute Gasteiger partial charge is 0.453 e. The number of aromatic nitrogens is 4. The molecule has 3 heterocycles. The number of nitrogens with zero attached hydrogens (tertiary/aromatic N) is 3. The Labute approximate surface area is 190 Å². The van der Waals surface area contributed by atoms with Gasteiger partial charge in [0.05, 0.1) is 10.6 Å². The van der Waals surface area contributed by atoms with Crippen LogP contribution in [0, 0.1) is 0 Å². The highest BCUT2D eigenvalue weighted by Crippen LogP contribution is 2.38. The van der Waals surface area contributed by atoms with Crippen molar-refractivity contribution in [2.24, 2.45) is 0 Å². The summed E-state index contributed by atoms with van der Waals surface area (Å²) in [5, 5.41) is -0.407. The summed E-state index contributed by atoms with van der Waals surface area (Å²) >= 11 is 5.71. The summed E-state index contributed by atoms with van der Waals surface area (Å²) in [5.74, 6) is 0.727. The molecule has 7 nitrogen and oxygen atoms in total. The number of alkyl halides is 3. The highest BCUT2D eigenvalue weighted by molar-refractivity contribution is 6.31. The Morgan fingerprint density at radius 3 is 2.48 bits per heavy atom. The Morgan fingerprint density at radius 1 is 1.09 bits per heavy atom. The average Bonchev–Trinajstić information content (AvgIpc) is 3.38. The van der Waals surface area contributed by atoms with E-state index >= 15 is 0 Å². The van der Waals surface area contributed by atoms with Crippen LogP contribution in [0.15, 0.2) is 44.3 Å². The van der Waals surface area contributed by atoms with Gasteiger partial charge in [0.2, 0.25) is 0 Å². The molecular formula is C22H20ClF3N4O3. The van der Waals surface area contributed by atoms with E-state index in [2.05, 4.69) is 9.97 Å². The van der Waals surface area contributed by atoms with Crippen molar-refractivity contribution in [2.75, 3.05) is 0 Å². The number of benzene rings is 1. The van der Waals surface area contributed by atoms with Crippen molar-refractivity contribution in [1.29, 1.82) is 0 Å². The topological polar surface area (TPSA) is 85.8 Å². The zero-order valence-corrected chi connectivity index (χ0v) is 18.5. The molecule has 0 unspecified atom stereocenters. The van der Waals surface area contributed by atoms with Crippen LogP contribution >= 0.6 is 11.6 Å². The minimum absolute atomic E-state index is 0.180. The quantitative estimate of drug-likeness (QED) is 0.405. The Morgan fingerprint density at radius 2 is 1.82 bits per heavy atom. The molecule has 0 aliphatic carbocycles. The number of H-pyrrole nitrogens is 1. The van der Waals surface area contributed by atoms with Gasteiger partial charge in [-0.05, 0) is 43.7 Å². The molecule has 3 aromatic heterocycles. The first kappa shape index (κ1) is 22.9. The normalized spacial score (nSPS) is 12.1. The molecule has 0 bridgehead atoms. The van der Waals surface area contributed by atoms with Crippen molar-refractivity contribution in [1.82, 2.24) is 19.1 Å². The van der Waals surface area contributed by atoms with Crippen LogP contribution < -0.4 is 11.2 Å². The summed E-state index contributed by atoms with van der Waals surface area (Å²) in [7, 11) is 0. The van der Waals surface area contributed by atoms with Gasteiger partial charge in [0.25, 0.3) is 5.56 Å². The van der Waals surface area contributed by atoms with E-state index in [1.165, 1.54) is 16.7 Å². The zero-order chi connectivity index (χ0) is 23.9. The number of hydrogen-bond donors (Lipinski definition) is 1. The third-order valence-corrected chi connectivity index (χ3v) is 5.65. The highest BCUT2D eigenvalue weighted by atomic mass is 35.5. The van der Waals surface area contributed by atoms with Gasteiger partial charge in [-0.1, -0.05) is 24.9 Å². The molecule has 4 aromatic rings. The van der Waals surface area contributed by atoms with Gasteiger partial charge < -0.3 is 8.98 Å². The highest BCUT2D eigenvalue weighted by Gasteiger charge is 2.33. The molecule has 0 saturated heterocycles. The fraction of sp³-hybridized carbons (Fsp3) is 0.318. The van der Waals surface area contributed by atoms with Crippen molar-refractivity contribution < 1.29 is 17.6 Å². The molecule has 0 saturated carbocycles. The molecule has 0 aliphatic rings. The zero-order valence-electron chi connectivity index (χ0n) is 17.8. The third-order valence-electron chi connectivity index (χ3n) is 5.32. The Bertz CT molecular complexity index is 1450. The number of aryl methyl sites for hydroxylation is 2. The predicted molar refractivity (Wildman–Crippen MR) is 118 cm³/mol. The summed E-state index contributed by atoms with van der Waals surface area (Å²) in [4.78, 5) is 31.8. The molecule has 11 heteroatoms. The van der Waals surface area contributed by atoms with Crippen LogP contribution in [0.5, 0.6) is 0 Å². The molecule has 0 atom stereocenters. The molecule has 0 fully saturated rings. The first-order valence-corrected chi connectivity index (χ1v) is 10.7. The number of halogens is 4. The van der Waals surface area contributed by atoms with Gasteiger partial charge in [-0.3, -0.25) is 14.3 Å². The number of rotatable bonds is 6. The fourth-order valence-corrected chi connectivity index (χ4v) is 3.93. The summed E-state index contributed by atoms with van der Waals surface area (Å²) < 4.78 is 48.6. The number of furan rings is 1. The van der Waals surface area contributed by atoms with E-state index in [-0.39, 0.29) is 28.2 Å². The minimum atomic E-state index is -4.61. The van der Waals surface area contributed by atoms with Crippen LogP contribution in [0.4, 0.5) is 13.2 Å². The average molecular weight is 481 g/mol. The SMILES string of the molecule is CCCCn1c(=O)[nH]c(=O)c2c1nc(-c1ccc(-c3ccc(Cl)c(C(F)(F)F)c3)o1)n2CC. The summed E-state index contributed by atoms with van der Waals surface area (Å²) in [6.45, 7) is 4.53. The lowest BCUT2D eigenvalue weighted by Gasteiger charge is -2.10. The predicted octanol–water partition coefficient (Wildman–Crippen LogP) is 5.31. The van der Waals surface area contributed by atoms with Crippen molar-refractivity contribution in [3.05, 3.63) is 61.8 Å². The number of nitrogens with one attached hydrogen (secondary N) is 1. The molecule has 4 rings (SSSR count).